The second-order valence-corrected chi connectivity index (χ2v) is 10.7. The van der Waals surface area contributed by atoms with Gasteiger partial charge in [0.2, 0.25) is 17.6 Å². The Kier molecular flexibility index (Phi) is 9.73. The first-order chi connectivity index (χ1) is 20.0. The van der Waals surface area contributed by atoms with Crippen LogP contribution in [0.3, 0.4) is 0 Å². The number of nitrogens with zero attached hydrogens (tertiary/aromatic N) is 6. The highest BCUT2D eigenvalue weighted by atomic mass is 19.1. The topological polar surface area (TPSA) is 119 Å². The predicted molar refractivity (Wildman–Crippen MR) is 148 cm³/mol. The molecule has 1 aliphatic heterocycles. The number of aryl methyl sites for hydroxylation is 1. The number of ether oxygens (including phenoxy) is 1. The second-order valence-electron chi connectivity index (χ2n) is 10.7. The minimum absolute atomic E-state index is 0.0563. The zero-order valence-corrected chi connectivity index (χ0v) is 23.5. The normalized spacial score (nSPS) is 17.3. The summed E-state index contributed by atoms with van der Waals surface area (Å²) in [6.45, 7) is 5.72. The summed E-state index contributed by atoms with van der Waals surface area (Å²) in [5.41, 5.74) is 0.553. The molecule has 220 valence electrons. The standard InChI is InChI=1S/C29H38FN7O4/c1-21-8-13-25(41-21)28-32-34-37(33-28)20-26(38)36(15-5-14-35-16-18-40-19-17-35)27(22-9-11-23(30)12-10-22)29(39)31-24-6-3-2-4-7-24/h8-13,24,27H,2-7,14-20H2,1H3,(H,31,39)/t27-/m1/s1. The van der Waals surface area contributed by atoms with Gasteiger partial charge >= 0.3 is 0 Å². The minimum Gasteiger partial charge on any atom is -0.458 e. The van der Waals surface area contributed by atoms with E-state index in [4.69, 9.17) is 9.15 Å². The van der Waals surface area contributed by atoms with Gasteiger partial charge in [-0.2, -0.15) is 4.80 Å². The summed E-state index contributed by atoms with van der Waals surface area (Å²) < 4.78 is 24.9. The molecular formula is C29H38FN7O4. The fourth-order valence-electron chi connectivity index (χ4n) is 5.51. The summed E-state index contributed by atoms with van der Waals surface area (Å²) in [6.07, 6.45) is 5.75. The fourth-order valence-corrected chi connectivity index (χ4v) is 5.51. The molecule has 1 saturated heterocycles. The van der Waals surface area contributed by atoms with Gasteiger partial charge < -0.3 is 19.4 Å². The minimum atomic E-state index is -0.926. The van der Waals surface area contributed by atoms with Gasteiger partial charge in [-0.15, -0.1) is 10.2 Å². The smallest absolute Gasteiger partial charge is 0.247 e. The summed E-state index contributed by atoms with van der Waals surface area (Å²) >= 11 is 0. The second kappa shape index (κ2) is 13.8. The molecule has 0 radical (unpaired) electrons. The molecule has 1 atom stereocenters. The molecule has 2 aromatic heterocycles. The van der Waals surface area contributed by atoms with Crippen molar-refractivity contribution in [2.45, 2.75) is 64.1 Å². The average molecular weight is 568 g/mol. The Morgan fingerprint density at radius 2 is 1.85 bits per heavy atom. The highest BCUT2D eigenvalue weighted by Crippen LogP contribution is 2.25. The van der Waals surface area contributed by atoms with Gasteiger partial charge in [0.05, 0.1) is 13.2 Å². The lowest BCUT2D eigenvalue weighted by molar-refractivity contribution is -0.142. The molecule has 41 heavy (non-hydrogen) atoms. The molecule has 0 unspecified atom stereocenters. The van der Waals surface area contributed by atoms with Gasteiger partial charge in [-0.1, -0.05) is 31.4 Å². The lowest BCUT2D eigenvalue weighted by Crippen LogP contribution is -2.48. The van der Waals surface area contributed by atoms with E-state index in [-0.39, 0.29) is 30.2 Å². The molecule has 3 heterocycles. The van der Waals surface area contributed by atoms with Gasteiger partial charge in [-0.3, -0.25) is 14.5 Å². The van der Waals surface area contributed by atoms with Crippen LogP contribution in [0.5, 0.6) is 0 Å². The maximum absolute atomic E-state index is 13.9. The number of furan rings is 1. The Balaban J connectivity index is 1.38. The van der Waals surface area contributed by atoms with Crippen LogP contribution >= 0.6 is 0 Å². The molecule has 1 aromatic carbocycles. The van der Waals surface area contributed by atoms with E-state index in [0.717, 1.165) is 51.7 Å². The van der Waals surface area contributed by atoms with Gasteiger partial charge in [-0.25, -0.2) is 4.39 Å². The summed E-state index contributed by atoms with van der Waals surface area (Å²) in [5, 5.41) is 15.6. The van der Waals surface area contributed by atoms with E-state index in [9.17, 15) is 14.0 Å². The van der Waals surface area contributed by atoms with Crippen LogP contribution in [-0.2, 0) is 20.9 Å². The van der Waals surface area contributed by atoms with Crippen LogP contribution in [0.2, 0.25) is 0 Å². The van der Waals surface area contributed by atoms with Crippen molar-refractivity contribution in [1.29, 1.82) is 0 Å². The quantitative estimate of drug-likeness (QED) is 0.376. The van der Waals surface area contributed by atoms with Crippen molar-refractivity contribution in [1.82, 2.24) is 35.3 Å². The highest BCUT2D eigenvalue weighted by Gasteiger charge is 2.33. The van der Waals surface area contributed by atoms with Crippen LogP contribution in [0.25, 0.3) is 11.6 Å². The number of hydrogen-bond acceptors (Lipinski definition) is 8. The van der Waals surface area contributed by atoms with Gasteiger partial charge in [0.15, 0.2) is 5.76 Å². The average Bonchev–Trinajstić information content (AvgIpc) is 3.63. The molecule has 1 N–H and O–H groups in total. The zero-order chi connectivity index (χ0) is 28.6. The van der Waals surface area contributed by atoms with E-state index >= 15 is 0 Å². The largest absolute Gasteiger partial charge is 0.458 e. The van der Waals surface area contributed by atoms with Crippen molar-refractivity contribution >= 4 is 11.8 Å². The summed E-state index contributed by atoms with van der Waals surface area (Å²) in [4.78, 5) is 32.9. The number of tetrazole rings is 1. The van der Waals surface area contributed by atoms with Gasteiger partial charge in [-0.05, 0) is 61.2 Å². The van der Waals surface area contributed by atoms with Crippen molar-refractivity contribution in [3.05, 3.63) is 53.5 Å². The maximum atomic E-state index is 13.9. The van der Waals surface area contributed by atoms with Crippen LogP contribution in [0, 0.1) is 12.7 Å². The lowest BCUT2D eigenvalue weighted by atomic mass is 9.94. The summed E-state index contributed by atoms with van der Waals surface area (Å²) in [6, 6.07) is 8.48. The van der Waals surface area contributed by atoms with Gasteiger partial charge in [0, 0.05) is 32.2 Å². The Morgan fingerprint density at radius 1 is 1.10 bits per heavy atom. The lowest BCUT2D eigenvalue weighted by Gasteiger charge is -2.34. The number of aromatic nitrogens is 4. The predicted octanol–water partition coefficient (Wildman–Crippen LogP) is 3.12. The maximum Gasteiger partial charge on any atom is 0.247 e. The molecule has 11 nitrogen and oxygen atoms in total. The van der Waals surface area contributed by atoms with Crippen molar-refractivity contribution in [3.63, 3.8) is 0 Å². The molecule has 2 amide bonds. The molecule has 1 saturated carbocycles. The van der Waals surface area contributed by atoms with Crippen LogP contribution in [0.15, 0.2) is 40.8 Å². The molecule has 3 aromatic rings. The van der Waals surface area contributed by atoms with Crippen molar-refractivity contribution in [3.8, 4) is 11.6 Å². The third-order valence-electron chi connectivity index (χ3n) is 7.68. The van der Waals surface area contributed by atoms with E-state index < -0.39 is 11.9 Å². The van der Waals surface area contributed by atoms with Crippen molar-refractivity contribution in [2.24, 2.45) is 0 Å². The van der Waals surface area contributed by atoms with Crippen LogP contribution in [-0.4, -0.2) is 87.3 Å². The van der Waals surface area contributed by atoms with E-state index in [1.165, 1.54) is 16.9 Å². The number of amides is 2. The van der Waals surface area contributed by atoms with Crippen LogP contribution in [0.1, 0.15) is 55.9 Å². The monoisotopic (exact) mass is 567 g/mol. The van der Waals surface area contributed by atoms with Crippen LogP contribution in [0.4, 0.5) is 4.39 Å². The molecule has 0 bridgehead atoms. The highest BCUT2D eigenvalue weighted by molar-refractivity contribution is 5.88. The van der Waals surface area contributed by atoms with E-state index in [1.807, 2.05) is 6.92 Å². The molecular weight excluding hydrogens is 529 g/mol. The number of nitrogens with one attached hydrogen (secondary N) is 1. The number of rotatable bonds is 11. The SMILES string of the molecule is Cc1ccc(-c2nnn(CC(=O)N(CCCN3CCOCC3)[C@@H](C(=O)NC3CCCCC3)c3ccc(F)cc3)n2)o1. The zero-order valence-electron chi connectivity index (χ0n) is 23.5. The summed E-state index contributed by atoms with van der Waals surface area (Å²) in [7, 11) is 0. The first-order valence-corrected chi connectivity index (χ1v) is 14.5. The van der Waals surface area contributed by atoms with Gasteiger partial charge in [0.1, 0.15) is 24.2 Å². The van der Waals surface area contributed by atoms with E-state index in [1.54, 1.807) is 29.2 Å². The number of morpholine rings is 1. The number of benzene rings is 1. The van der Waals surface area contributed by atoms with E-state index in [2.05, 4.69) is 25.6 Å². The first-order valence-electron chi connectivity index (χ1n) is 14.5. The fraction of sp³-hybridized carbons (Fsp3) is 0.552. The third-order valence-corrected chi connectivity index (χ3v) is 7.68. The molecule has 5 rings (SSSR count). The number of halogens is 1. The Labute approximate surface area is 239 Å². The third kappa shape index (κ3) is 7.76. The summed E-state index contributed by atoms with van der Waals surface area (Å²) in [5.74, 6) is 0.443. The Morgan fingerprint density at radius 3 is 2.56 bits per heavy atom. The Hall–Kier alpha value is -3.64. The first kappa shape index (κ1) is 28.9. The van der Waals surface area contributed by atoms with Gasteiger partial charge in [0.25, 0.3) is 0 Å². The number of carbonyl (C=O) groups is 2. The van der Waals surface area contributed by atoms with E-state index in [0.29, 0.717) is 43.3 Å². The van der Waals surface area contributed by atoms with Crippen molar-refractivity contribution < 1.29 is 23.1 Å². The molecule has 1 aliphatic carbocycles. The Bertz CT molecular complexity index is 1280. The molecule has 0 spiro atoms. The number of hydrogen-bond donors (Lipinski definition) is 1. The molecule has 12 heteroatoms. The molecule has 2 aliphatic rings. The molecule has 2 fully saturated rings. The van der Waals surface area contributed by atoms with Crippen molar-refractivity contribution in [2.75, 3.05) is 39.4 Å². The number of carbonyl (C=O) groups excluding carboxylic acids is 2. The van der Waals surface area contributed by atoms with Crippen LogP contribution < -0.4 is 5.32 Å².